The van der Waals surface area contributed by atoms with E-state index >= 15 is 0 Å². The summed E-state index contributed by atoms with van der Waals surface area (Å²) in [5.74, 6) is 1.95. The predicted molar refractivity (Wildman–Crippen MR) is 277 cm³/mol. The largest absolute Gasteiger partial charge is 0.494 e. The van der Waals surface area contributed by atoms with Crippen molar-refractivity contribution in [1.29, 1.82) is 0 Å². The Morgan fingerprint density at radius 2 is 0.942 bits per heavy atom. The highest BCUT2D eigenvalue weighted by molar-refractivity contribution is 5.99. The smallest absolute Gasteiger partial charge is 0.343 e. The van der Waals surface area contributed by atoms with E-state index in [1.807, 2.05) is 73.7 Å². The number of fused-ring (bicyclic) bond motifs is 1. The number of nitrogens with zero attached hydrogens (tertiary/aromatic N) is 4. The van der Waals surface area contributed by atoms with E-state index in [1.165, 1.54) is 56.6 Å². The van der Waals surface area contributed by atoms with Gasteiger partial charge in [0.25, 0.3) is 0 Å². The molecule has 0 unspecified atom stereocenters. The molecular formula is C58H68N4O7. The summed E-state index contributed by atoms with van der Waals surface area (Å²) >= 11 is 0. The van der Waals surface area contributed by atoms with E-state index in [0.717, 1.165) is 90.2 Å². The van der Waals surface area contributed by atoms with E-state index in [9.17, 15) is 9.59 Å². The summed E-state index contributed by atoms with van der Waals surface area (Å²) in [6.07, 6.45) is 15.8. The fourth-order valence-corrected chi connectivity index (χ4v) is 7.08. The van der Waals surface area contributed by atoms with Crippen LogP contribution in [0.5, 0.6) is 23.0 Å². The Labute approximate surface area is 408 Å². The number of hydrogen-bond acceptors (Lipinski definition) is 11. The summed E-state index contributed by atoms with van der Waals surface area (Å²) in [6, 6.07) is 42.0. The number of hydrogen-bond donors (Lipinski definition) is 0. The first-order valence-electron chi connectivity index (χ1n) is 24.5. The van der Waals surface area contributed by atoms with Crippen LogP contribution in [0.15, 0.2) is 167 Å². The van der Waals surface area contributed by atoms with Crippen LogP contribution in [0.1, 0.15) is 114 Å². The van der Waals surface area contributed by atoms with Gasteiger partial charge in [-0.05, 0) is 154 Å². The van der Waals surface area contributed by atoms with Gasteiger partial charge >= 0.3 is 11.9 Å². The summed E-state index contributed by atoms with van der Waals surface area (Å²) < 4.78 is 27.2. The van der Waals surface area contributed by atoms with Gasteiger partial charge in [0.15, 0.2) is 0 Å². The second-order valence-electron chi connectivity index (χ2n) is 16.4. The van der Waals surface area contributed by atoms with E-state index in [4.69, 9.17) is 23.7 Å². The van der Waals surface area contributed by atoms with E-state index < -0.39 is 5.97 Å². The maximum Gasteiger partial charge on any atom is 0.343 e. The Morgan fingerprint density at radius 3 is 1.48 bits per heavy atom. The number of ether oxygens (including phenoxy) is 5. The molecule has 0 saturated carbocycles. The zero-order valence-electron chi connectivity index (χ0n) is 40.7. The minimum absolute atomic E-state index is 0.384. The highest BCUT2D eigenvalue weighted by atomic mass is 16.5. The van der Waals surface area contributed by atoms with Gasteiger partial charge in [0.1, 0.15) is 23.0 Å². The van der Waals surface area contributed by atoms with Crippen LogP contribution in [0.4, 0.5) is 22.7 Å². The van der Waals surface area contributed by atoms with Crippen molar-refractivity contribution in [3.8, 4) is 23.0 Å². The number of azo groups is 2. The molecule has 6 aromatic rings. The van der Waals surface area contributed by atoms with Gasteiger partial charge in [-0.25, -0.2) is 9.59 Å². The molecule has 6 rings (SSSR count). The van der Waals surface area contributed by atoms with E-state index in [2.05, 4.69) is 59.1 Å². The molecule has 0 radical (unpaired) electrons. The Morgan fingerprint density at radius 1 is 0.478 bits per heavy atom. The number of aryl methyl sites for hydroxylation is 1. The van der Waals surface area contributed by atoms with Crippen molar-refractivity contribution >= 4 is 45.5 Å². The van der Waals surface area contributed by atoms with Crippen LogP contribution in [-0.2, 0) is 16.0 Å². The van der Waals surface area contributed by atoms with Gasteiger partial charge in [-0.2, -0.15) is 10.2 Å². The quantitative estimate of drug-likeness (QED) is 0.0157. The average Bonchev–Trinajstić information content (AvgIpc) is 3.39. The number of esters is 2. The van der Waals surface area contributed by atoms with Gasteiger partial charge in [-0.15, -0.1) is 10.2 Å². The first kappa shape index (κ1) is 52.8. The van der Waals surface area contributed by atoms with E-state index in [-0.39, 0.29) is 5.97 Å². The molecule has 0 spiro atoms. The molecule has 0 saturated heterocycles. The van der Waals surface area contributed by atoms with E-state index in [1.54, 1.807) is 48.5 Å². The molecule has 11 heteroatoms. The molecule has 6 aromatic carbocycles. The Hall–Kier alpha value is -7.14. The lowest BCUT2D eigenvalue weighted by atomic mass is 10.1. The molecule has 0 N–H and O–H groups in total. The summed E-state index contributed by atoms with van der Waals surface area (Å²) in [5, 5.41) is 20.1. The highest BCUT2D eigenvalue weighted by Gasteiger charge is 2.10. The first-order valence-corrected chi connectivity index (χ1v) is 24.5. The third-order valence-corrected chi connectivity index (χ3v) is 10.9. The normalized spacial score (nSPS) is 11.0. The lowest BCUT2D eigenvalue weighted by Gasteiger charge is -2.08. The van der Waals surface area contributed by atoms with Gasteiger partial charge < -0.3 is 23.7 Å². The van der Waals surface area contributed by atoms with Crippen LogP contribution < -0.4 is 18.9 Å². The van der Waals surface area contributed by atoms with Crippen LogP contribution in [0, 0.1) is 0 Å². The molecule has 0 atom stereocenters. The van der Waals surface area contributed by atoms with Crippen LogP contribution in [0.25, 0.3) is 10.8 Å². The minimum Gasteiger partial charge on any atom is -0.494 e. The van der Waals surface area contributed by atoms with Crippen molar-refractivity contribution in [2.45, 2.75) is 104 Å². The van der Waals surface area contributed by atoms with Crippen molar-refractivity contribution < 1.29 is 33.3 Å². The first-order chi connectivity index (χ1) is 33.9. The molecule has 0 aliphatic carbocycles. The standard InChI is InChI=1S/C34H40N4O.C24H28O6/c1-3-5-7-9-13-27-16-18-28(19-17-27)35-37-33-24-25-34(32-15-11-10-14-31(32)33)38-36-29-20-22-30(23-21-29)39-26-12-8-6-4-2;1-3-23(25)29-18-8-6-5-7-17-28-21-11-9-19(10-12-21)24(26)30-22-15-13-20(14-16-22)27-4-2/h10-11,14-25H,3-9,12-13,26H2,1-2H3;3,9-16H,1,4-8,17-18H2,2H3. The molecule has 0 aromatic heterocycles. The van der Waals surface area contributed by atoms with E-state index in [0.29, 0.717) is 36.9 Å². The topological polar surface area (TPSA) is 130 Å². The zero-order chi connectivity index (χ0) is 48.7. The zero-order valence-corrected chi connectivity index (χ0v) is 40.7. The third-order valence-electron chi connectivity index (χ3n) is 10.9. The summed E-state index contributed by atoms with van der Waals surface area (Å²) in [5.41, 5.74) is 5.06. The van der Waals surface area contributed by atoms with Crippen molar-refractivity contribution in [2.75, 3.05) is 26.4 Å². The van der Waals surface area contributed by atoms with Crippen molar-refractivity contribution in [3.63, 3.8) is 0 Å². The van der Waals surface area contributed by atoms with Gasteiger partial charge in [-0.1, -0.05) is 95.3 Å². The second-order valence-corrected chi connectivity index (χ2v) is 16.4. The van der Waals surface area contributed by atoms with Gasteiger partial charge in [-0.3, -0.25) is 0 Å². The summed E-state index contributed by atoms with van der Waals surface area (Å²) in [7, 11) is 0. The molecule has 362 valence electrons. The fourth-order valence-electron chi connectivity index (χ4n) is 7.08. The molecule has 0 bridgehead atoms. The average molecular weight is 933 g/mol. The fraction of sp³-hybridized carbons (Fsp3) is 0.345. The highest BCUT2D eigenvalue weighted by Crippen LogP contribution is 2.35. The lowest BCUT2D eigenvalue weighted by Crippen LogP contribution is -2.08. The van der Waals surface area contributed by atoms with Crippen molar-refractivity contribution in [2.24, 2.45) is 20.5 Å². The number of unbranched alkanes of at least 4 members (excludes halogenated alkanes) is 9. The maximum absolute atomic E-state index is 12.3. The molecule has 0 fully saturated rings. The number of carbonyl (C=O) groups is 2. The lowest BCUT2D eigenvalue weighted by molar-refractivity contribution is -0.137. The van der Waals surface area contributed by atoms with Gasteiger partial charge in [0.05, 0.1) is 54.7 Å². The van der Waals surface area contributed by atoms with Crippen LogP contribution in [0.2, 0.25) is 0 Å². The Kier molecular flexibility index (Phi) is 23.7. The predicted octanol–water partition coefficient (Wildman–Crippen LogP) is 16.7. The molecule has 0 heterocycles. The third kappa shape index (κ3) is 19.5. The van der Waals surface area contributed by atoms with Gasteiger partial charge in [0, 0.05) is 16.8 Å². The SMILES string of the molecule is C=CC(=O)OCCCCCCOc1ccc(C(=O)Oc2ccc(OCC)cc2)cc1.CCCCCCOc1ccc(N=Nc2ccc(N=Nc3ccc(CCCCCC)cc3)c3ccccc23)cc1. The Bertz CT molecular complexity index is 2490. The van der Waals surface area contributed by atoms with Crippen LogP contribution in [-0.4, -0.2) is 38.4 Å². The van der Waals surface area contributed by atoms with Crippen molar-refractivity contribution in [3.05, 3.63) is 157 Å². The van der Waals surface area contributed by atoms with Crippen LogP contribution in [0.3, 0.4) is 0 Å². The van der Waals surface area contributed by atoms with Crippen LogP contribution >= 0.6 is 0 Å². The molecule has 0 amide bonds. The molecule has 0 aliphatic heterocycles. The summed E-state index contributed by atoms with van der Waals surface area (Å²) in [4.78, 5) is 23.2. The number of rotatable bonds is 28. The Balaban J connectivity index is 0.000000267. The molecule has 11 nitrogen and oxygen atoms in total. The second kappa shape index (κ2) is 31.0. The summed E-state index contributed by atoms with van der Waals surface area (Å²) in [6.45, 7) is 12.1. The molecule has 0 aliphatic rings. The number of carbonyl (C=O) groups excluding carboxylic acids is 2. The molecule has 69 heavy (non-hydrogen) atoms. The molecular weight excluding hydrogens is 865 g/mol. The maximum atomic E-state index is 12.3. The van der Waals surface area contributed by atoms with Crippen molar-refractivity contribution in [1.82, 2.24) is 0 Å². The minimum atomic E-state index is -0.428. The number of benzene rings is 6. The van der Waals surface area contributed by atoms with Gasteiger partial charge in [0.2, 0.25) is 0 Å². The monoisotopic (exact) mass is 933 g/mol.